The predicted octanol–water partition coefficient (Wildman–Crippen LogP) is 11.6. The minimum atomic E-state index is -0.920. The molecule has 5 aliphatic carbocycles. The summed E-state index contributed by atoms with van der Waals surface area (Å²) >= 11 is 0. The molecule has 5 N–H and O–H groups in total. The number of aryl methyl sites for hydroxylation is 1. The minimum Gasteiger partial charge on any atom is -0.392 e. The van der Waals surface area contributed by atoms with Gasteiger partial charge in [0.25, 0.3) is 0 Å². The van der Waals surface area contributed by atoms with E-state index >= 15 is 4.79 Å². The molecule has 5 heterocycles. The van der Waals surface area contributed by atoms with Crippen molar-refractivity contribution in [2.45, 2.75) is 226 Å². The Hall–Kier alpha value is -3.12. The number of carbonyl (C=O) groups excluding carboxylic acids is 2. The lowest BCUT2D eigenvalue weighted by atomic mass is 9.33. The van der Waals surface area contributed by atoms with Crippen LogP contribution in [0.2, 0.25) is 0 Å². The van der Waals surface area contributed by atoms with Crippen molar-refractivity contribution >= 4 is 22.6 Å². The van der Waals surface area contributed by atoms with Crippen LogP contribution in [0.3, 0.4) is 0 Å². The number of aromatic nitrogens is 2. The summed E-state index contributed by atoms with van der Waals surface area (Å²) in [5.41, 5.74) is 6.46. The van der Waals surface area contributed by atoms with Crippen LogP contribution in [-0.4, -0.2) is 87.2 Å². The fourth-order valence-corrected chi connectivity index (χ4v) is 18.8. The number of aromatic amines is 1. The lowest BCUT2D eigenvalue weighted by molar-refractivity contribution is -0.229. The average Bonchev–Trinajstić information content (AvgIpc) is 3.62. The van der Waals surface area contributed by atoms with Crippen molar-refractivity contribution in [3.63, 3.8) is 0 Å². The molecule has 8 aliphatic rings. The molecule has 406 valence electrons. The normalized spacial score (nSPS) is 38.2. The Balaban J connectivity index is 1.08. The monoisotopic (exact) mass is 1020 g/mol. The summed E-state index contributed by atoms with van der Waals surface area (Å²) in [6, 6.07) is 7.03. The maximum Gasteiger partial charge on any atom is 0.163 e. The zero-order valence-corrected chi connectivity index (χ0v) is 46.9. The number of hydrogen-bond donors (Lipinski definition) is 5. The molecule has 0 spiro atoms. The Morgan fingerprint density at radius 1 is 0.919 bits per heavy atom. The number of allylic oxidation sites excluding steroid dienone is 1. The highest BCUT2D eigenvalue weighted by molar-refractivity contribution is 6.03. The lowest BCUT2D eigenvalue weighted by Gasteiger charge is -2.71. The molecule has 11 rings (SSSR count). The molecule has 0 unspecified atom stereocenters. The molecule has 2 saturated heterocycles. The number of hydrogen-bond acceptors (Lipinski definition) is 8. The quantitative estimate of drug-likeness (QED) is 0.0792. The number of aliphatic hydroxyl groups is 3. The number of benzene rings is 1. The molecule has 74 heavy (non-hydrogen) atoms. The van der Waals surface area contributed by atoms with Gasteiger partial charge in [-0.15, -0.1) is 0 Å². The van der Waals surface area contributed by atoms with Gasteiger partial charge < -0.3 is 39.7 Å². The minimum absolute atomic E-state index is 0.109. The van der Waals surface area contributed by atoms with Gasteiger partial charge in [0.1, 0.15) is 11.9 Å². The maximum atomic E-state index is 16.4. The van der Waals surface area contributed by atoms with Crippen LogP contribution < -0.4 is 5.32 Å². The molecule has 3 aliphatic heterocycles. The van der Waals surface area contributed by atoms with E-state index in [2.05, 4.69) is 101 Å². The van der Waals surface area contributed by atoms with Crippen LogP contribution in [0.1, 0.15) is 205 Å². The van der Waals surface area contributed by atoms with E-state index in [1.165, 1.54) is 65.4 Å². The third kappa shape index (κ3) is 8.19. The number of epoxide rings is 1. The lowest BCUT2D eigenvalue weighted by Crippen LogP contribution is -2.69. The van der Waals surface area contributed by atoms with Gasteiger partial charge in [0.2, 0.25) is 0 Å². The van der Waals surface area contributed by atoms with Crippen LogP contribution in [-0.2, 0) is 44.1 Å². The highest BCUT2D eigenvalue weighted by Gasteiger charge is 2.75. The topological polar surface area (TPSA) is 149 Å². The van der Waals surface area contributed by atoms with Gasteiger partial charge in [0, 0.05) is 86.1 Å². The van der Waals surface area contributed by atoms with E-state index in [1.807, 2.05) is 7.05 Å². The summed E-state index contributed by atoms with van der Waals surface area (Å²) in [6.07, 6.45) is 20.3. The van der Waals surface area contributed by atoms with E-state index in [1.54, 1.807) is 0 Å². The summed E-state index contributed by atoms with van der Waals surface area (Å²) in [4.78, 5) is 34.5. The third-order valence-corrected chi connectivity index (χ3v) is 23.0. The van der Waals surface area contributed by atoms with Gasteiger partial charge in [-0.2, -0.15) is 0 Å². The van der Waals surface area contributed by atoms with Crippen molar-refractivity contribution < 1.29 is 34.4 Å². The number of aliphatic hydroxyl groups excluding tert-OH is 2. The molecule has 0 radical (unpaired) electrons. The van der Waals surface area contributed by atoms with Crippen LogP contribution in [0.5, 0.6) is 0 Å². The number of fused-ring (bicyclic) bond motifs is 4. The van der Waals surface area contributed by atoms with E-state index in [9.17, 15) is 20.1 Å². The number of H-pyrrole nitrogens is 1. The number of nitrogens with zero attached hydrogens (tertiary/aromatic N) is 1. The Morgan fingerprint density at radius 2 is 1.66 bits per heavy atom. The summed E-state index contributed by atoms with van der Waals surface area (Å²) in [7, 11) is 1.98. The Bertz CT molecular complexity index is 2670. The van der Waals surface area contributed by atoms with Gasteiger partial charge in [-0.3, -0.25) is 9.59 Å². The Labute approximate surface area is 443 Å². The van der Waals surface area contributed by atoms with Crippen molar-refractivity contribution in [3.05, 3.63) is 69.6 Å². The average molecular weight is 1020 g/mol. The van der Waals surface area contributed by atoms with E-state index in [0.29, 0.717) is 70.0 Å². The molecule has 3 aromatic rings. The van der Waals surface area contributed by atoms with Gasteiger partial charge in [0.05, 0.1) is 34.4 Å². The number of carbonyl (C=O) groups is 2. The van der Waals surface area contributed by atoms with Crippen molar-refractivity contribution in [1.29, 1.82) is 0 Å². The van der Waals surface area contributed by atoms with E-state index < -0.39 is 45.1 Å². The van der Waals surface area contributed by atoms with E-state index in [-0.39, 0.29) is 41.0 Å². The highest BCUT2D eigenvalue weighted by atomic mass is 16.6. The number of ether oxygens (including phenoxy) is 2. The van der Waals surface area contributed by atoms with Crippen LogP contribution in [0.4, 0.5) is 0 Å². The summed E-state index contributed by atoms with van der Waals surface area (Å²) in [5.74, 6) is 0.443. The molecule has 6 fully saturated rings. The maximum absolute atomic E-state index is 16.4. The standard InChI is InChI=1S/C64H93N3O7/c1-10-11-13-18-46-55(71)51-50-45(54(70)56-61(6)23-21-49(69)60(5,25-28-65-9)48(61)20-24-62(56,7)63(46,50)8)38-67-37-43(52-53(67)41(36-66-52)19-22-59(51,4)35-47(68)57-58(2,3)74-57)32-39-31-42(40-16-14-12-15-17-40)34-44(33-39)64(72)26-29-73-30-27-64/h31,33-34,36-37,40,45-48,54,56-57,65-66,68,70,72H,10-30,32,35,38H2,1-9H3/t45-,46+,47-,48+,54-,56-,57-,59+,60+,61-,62+,63+/m1/s1. The molecule has 2 aromatic heterocycles. The summed E-state index contributed by atoms with van der Waals surface area (Å²) in [6.45, 7) is 20.6. The molecule has 10 nitrogen and oxygen atoms in total. The van der Waals surface area contributed by atoms with Crippen molar-refractivity contribution in [2.24, 2.45) is 50.7 Å². The number of unbranched alkanes of at least 4 members (excludes halogenated alkanes) is 2. The highest BCUT2D eigenvalue weighted by Crippen LogP contribution is 2.77. The first-order chi connectivity index (χ1) is 35.2. The van der Waals surface area contributed by atoms with Crippen LogP contribution in [0, 0.1) is 50.7 Å². The first kappa shape index (κ1) is 52.9. The van der Waals surface area contributed by atoms with Gasteiger partial charge in [0.15, 0.2) is 5.78 Å². The molecular formula is C64H93N3O7. The van der Waals surface area contributed by atoms with E-state index in [4.69, 9.17) is 9.47 Å². The molecule has 4 saturated carbocycles. The van der Waals surface area contributed by atoms with Gasteiger partial charge in [-0.1, -0.05) is 98.3 Å². The molecular weight excluding hydrogens is 923 g/mol. The number of rotatable bonds is 14. The first-order valence-corrected chi connectivity index (χ1v) is 29.8. The second-order valence-electron chi connectivity index (χ2n) is 27.6. The number of nitrogens with one attached hydrogen (secondary N) is 2. The second kappa shape index (κ2) is 19.1. The van der Waals surface area contributed by atoms with Gasteiger partial charge in [-0.05, 0) is 159 Å². The second-order valence-corrected chi connectivity index (χ2v) is 27.6. The van der Waals surface area contributed by atoms with Gasteiger partial charge in [-0.25, -0.2) is 0 Å². The van der Waals surface area contributed by atoms with Crippen LogP contribution >= 0.6 is 0 Å². The fourth-order valence-electron chi connectivity index (χ4n) is 18.8. The fraction of sp³-hybridized carbons (Fsp3) is 0.750. The zero-order valence-electron chi connectivity index (χ0n) is 46.9. The largest absolute Gasteiger partial charge is 0.392 e. The van der Waals surface area contributed by atoms with Crippen molar-refractivity contribution in [2.75, 3.05) is 26.8 Å². The molecule has 10 heteroatoms. The summed E-state index contributed by atoms with van der Waals surface area (Å²) < 4.78 is 14.4. The van der Waals surface area contributed by atoms with Gasteiger partial charge >= 0.3 is 0 Å². The Morgan fingerprint density at radius 3 is 2.36 bits per heavy atom. The first-order valence-electron chi connectivity index (χ1n) is 29.8. The van der Waals surface area contributed by atoms with Crippen molar-refractivity contribution in [3.8, 4) is 0 Å². The molecule has 1 aromatic carbocycles. The molecule has 0 amide bonds. The third-order valence-electron chi connectivity index (χ3n) is 23.0. The number of ketones is 2. The Kier molecular flexibility index (Phi) is 13.6. The van der Waals surface area contributed by atoms with Crippen LogP contribution in [0.25, 0.3) is 11.0 Å². The predicted molar refractivity (Wildman–Crippen MR) is 292 cm³/mol. The zero-order chi connectivity index (χ0) is 52.4. The smallest absolute Gasteiger partial charge is 0.163 e. The molecule has 12 atom stereocenters. The van der Waals surface area contributed by atoms with E-state index in [0.717, 1.165) is 81.0 Å². The summed E-state index contributed by atoms with van der Waals surface area (Å²) in [5, 5.41) is 42.0. The van der Waals surface area contributed by atoms with Crippen LogP contribution in [0.15, 0.2) is 41.7 Å². The van der Waals surface area contributed by atoms with Crippen molar-refractivity contribution in [1.82, 2.24) is 14.9 Å². The SMILES string of the molecule is CCCCC[C@H]1C(=O)C2=C3[C@@H](Cn4cc(Cc5cc(C6CCCCC6)cc(C6(O)CCOCC6)c5)c5[nH]cc(c54)CC[C@@]2(C)C[C@@H](O)[C@H]2OC2(C)C)[C@@H](O)[C@@H]2[C@]4(C)CCC(=O)[C@@](C)(CCNC)[C@@H]4CC[C@]2(C)[C@]31C. The molecule has 0 bridgehead atoms. The number of Topliss-reactive ketones (excluding diaryl/α,β-unsaturated/α-hetero) is 2.